The number of carbonyl (C=O) groups excluding carboxylic acids is 2. The van der Waals surface area contributed by atoms with Crippen LogP contribution in [0.1, 0.15) is 23.7 Å². The second-order valence-electron chi connectivity index (χ2n) is 6.26. The van der Waals surface area contributed by atoms with Crippen LogP contribution in [0.25, 0.3) is 10.8 Å². The number of hydrogen-bond acceptors (Lipinski definition) is 6. The Morgan fingerprint density at radius 1 is 1.33 bits per heavy atom. The minimum absolute atomic E-state index is 0.0649. The molecule has 1 N–H and O–H groups in total. The number of nitriles is 1. The number of nitrogens with zero attached hydrogens (tertiary/aromatic N) is 3. The van der Waals surface area contributed by atoms with Crippen LogP contribution in [0.15, 0.2) is 52.5 Å². The monoisotopic (exact) mass is 378 g/mol. The van der Waals surface area contributed by atoms with Gasteiger partial charge in [-0.15, -0.1) is 11.3 Å². The molecule has 27 heavy (non-hydrogen) atoms. The molecule has 1 atom stereocenters. The summed E-state index contributed by atoms with van der Waals surface area (Å²) in [5.41, 5.74) is 0.378. The first-order chi connectivity index (χ1) is 13.0. The Bertz CT molecular complexity index is 1070. The molecule has 0 aliphatic carbocycles. The molecule has 0 bridgehead atoms. The van der Waals surface area contributed by atoms with Crippen LogP contribution in [0.2, 0.25) is 0 Å². The summed E-state index contributed by atoms with van der Waals surface area (Å²) in [4.78, 5) is 31.0. The molecule has 1 aromatic carbocycles. The first-order valence-corrected chi connectivity index (χ1v) is 9.02. The molecule has 3 heterocycles. The number of urea groups is 1. The molecule has 0 radical (unpaired) electrons. The molecular formula is C19H14N4O3S. The zero-order valence-electron chi connectivity index (χ0n) is 14.3. The third-order valence-corrected chi connectivity index (χ3v) is 5.35. The maximum absolute atomic E-state index is 13.0. The van der Waals surface area contributed by atoms with E-state index in [4.69, 9.17) is 9.68 Å². The van der Waals surface area contributed by atoms with E-state index < -0.39 is 11.6 Å². The van der Waals surface area contributed by atoms with E-state index in [-0.39, 0.29) is 12.5 Å². The number of nitrogens with one attached hydrogen (secondary N) is 1. The standard InChI is InChI=1S/C19H14N4O3S/c1-19(13-5-2-4-12(8-13)9-20)17(24)23(18(25)22-19)10-14-11-27-16(21-14)15-6-3-7-26-15/h2-8,11H,10H2,1H3,(H,22,25). The van der Waals surface area contributed by atoms with E-state index >= 15 is 0 Å². The molecule has 1 unspecified atom stereocenters. The number of amides is 3. The average Bonchev–Trinajstić information content (AvgIpc) is 3.40. The first kappa shape index (κ1) is 17.0. The maximum Gasteiger partial charge on any atom is 0.325 e. The van der Waals surface area contributed by atoms with Crippen LogP contribution in [-0.4, -0.2) is 21.8 Å². The van der Waals surface area contributed by atoms with Gasteiger partial charge in [0.15, 0.2) is 10.8 Å². The molecule has 1 aliphatic rings. The number of rotatable bonds is 4. The van der Waals surface area contributed by atoms with Gasteiger partial charge in [-0.1, -0.05) is 12.1 Å². The summed E-state index contributed by atoms with van der Waals surface area (Å²) in [6.07, 6.45) is 1.56. The summed E-state index contributed by atoms with van der Waals surface area (Å²) < 4.78 is 5.32. The third-order valence-electron chi connectivity index (χ3n) is 4.45. The lowest BCUT2D eigenvalue weighted by atomic mass is 9.91. The lowest BCUT2D eigenvalue weighted by Gasteiger charge is -2.22. The zero-order valence-corrected chi connectivity index (χ0v) is 15.1. The number of furan rings is 1. The zero-order chi connectivity index (χ0) is 19.0. The fourth-order valence-corrected chi connectivity index (χ4v) is 3.77. The lowest BCUT2D eigenvalue weighted by molar-refractivity contribution is -0.131. The van der Waals surface area contributed by atoms with Crippen molar-refractivity contribution in [2.45, 2.75) is 19.0 Å². The van der Waals surface area contributed by atoms with Crippen molar-refractivity contribution in [2.24, 2.45) is 0 Å². The highest BCUT2D eigenvalue weighted by Crippen LogP contribution is 2.31. The molecule has 0 spiro atoms. The van der Waals surface area contributed by atoms with E-state index in [1.165, 1.54) is 11.3 Å². The molecule has 134 valence electrons. The van der Waals surface area contributed by atoms with Crippen molar-refractivity contribution in [3.63, 3.8) is 0 Å². The number of carbonyl (C=O) groups is 2. The molecule has 1 saturated heterocycles. The summed E-state index contributed by atoms with van der Waals surface area (Å²) in [5, 5.41) is 14.3. The first-order valence-electron chi connectivity index (χ1n) is 8.14. The van der Waals surface area contributed by atoms with Crippen molar-refractivity contribution >= 4 is 23.3 Å². The molecule has 8 heteroatoms. The number of thiazole rings is 1. The van der Waals surface area contributed by atoms with E-state index in [9.17, 15) is 9.59 Å². The number of hydrogen-bond donors (Lipinski definition) is 1. The molecular weight excluding hydrogens is 364 g/mol. The van der Waals surface area contributed by atoms with Crippen molar-refractivity contribution in [1.29, 1.82) is 5.26 Å². The van der Waals surface area contributed by atoms with Crippen LogP contribution < -0.4 is 5.32 Å². The molecule has 7 nitrogen and oxygen atoms in total. The summed E-state index contributed by atoms with van der Waals surface area (Å²) in [5.74, 6) is 0.261. The Hall–Kier alpha value is -3.44. The van der Waals surface area contributed by atoms with Gasteiger partial charge in [0.25, 0.3) is 5.91 Å². The number of benzene rings is 1. The van der Waals surface area contributed by atoms with E-state index in [2.05, 4.69) is 10.3 Å². The van der Waals surface area contributed by atoms with Crippen molar-refractivity contribution in [3.05, 3.63) is 64.9 Å². The van der Waals surface area contributed by atoms with Crippen LogP contribution in [0, 0.1) is 11.3 Å². The van der Waals surface area contributed by atoms with Crippen molar-refractivity contribution in [2.75, 3.05) is 0 Å². The smallest absolute Gasteiger partial charge is 0.325 e. The SMILES string of the molecule is CC1(c2cccc(C#N)c2)NC(=O)N(Cc2csc(-c3ccco3)n2)C1=O. The lowest BCUT2D eigenvalue weighted by Crippen LogP contribution is -2.40. The van der Waals surface area contributed by atoms with E-state index in [0.29, 0.717) is 27.6 Å². The predicted octanol–water partition coefficient (Wildman–Crippen LogP) is 3.24. The van der Waals surface area contributed by atoms with Crippen LogP contribution in [0.3, 0.4) is 0 Å². The molecule has 1 fully saturated rings. The Morgan fingerprint density at radius 2 is 2.19 bits per heavy atom. The van der Waals surface area contributed by atoms with Gasteiger partial charge in [-0.25, -0.2) is 9.78 Å². The molecule has 3 aromatic rings. The minimum atomic E-state index is -1.22. The van der Waals surface area contributed by atoms with Gasteiger partial charge < -0.3 is 9.73 Å². The normalized spacial score (nSPS) is 19.2. The van der Waals surface area contributed by atoms with Gasteiger partial charge >= 0.3 is 6.03 Å². The molecule has 3 amide bonds. The topological polar surface area (TPSA) is 99.2 Å². The average molecular weight is 378 g/mol. The summed E-state index contributed by atoms with van der Waals surface area (Å²) in [6, 6.07) is 11.8. The van der Waals surface area contributed by atoms with Crippen LogP contribution in [0.4, 0.5) is 4.79 Å². The maximum atomic E-state index is 13.0. The Labute approximate surface area is 158 Å². The predicted molar refractivity (Wildman–Crippen MR) is 97.4 cm³/mol. The Morgan fingerprint density at radius 3 is 2.93 bits per heavy atom. The van der Waals surface area contributed by atoms with Gasteiger partial charge in [0.05, 0.1) is 30.1 Å². The van der Waals surface area contributed by atoms with Crippen LogP contribution >= 0.6 is 11.3 Å². The van der Waals surface area contributed by atoms with E-state index in [1.807, 2.05) is 6.07 Å². The van der Waals surface area contributed by atoms with E-state index in [1.54, 1.807) is 55.0 Å². The fraction of sp³-hybridized carbons (Fsp3) is 0.158. The largest absolute Gasteiger partial charge is 0.462 e. The minimum Gasteiger partial charge on any atom is -0.462 e. The van der Waals surface area contributed by atoms with E-state index in [0.717, 1.165) is 4.90 Å². The Balaban J connectivity index is 1.59. The number of imide groups is 1. The summed E-state index contributed by atoms with van der Waals surface area (Å²) >= 11 is 1.38. The highest BCUT2D eigenvalue weighted by atomic mass is 32.1. The van der Waals surface area contributed by atoms with Crippen LogP contribution in [0.5, 0.6) is 0 Å². The van der Waals surface area contributed by atoms with Gasteiger partial charge in [-0.3, -0.25) is 9.69 Å². The molecule has 4 rings (SSSR count). The number of aromatic nitrogens is 1. The molecule has 1 aliphatic heterocycles. The van der Waals surface area contributed by atoms with Gasteiger partial charge in [0.1, 0.15) is 5.54 Å². The molecule has 2 aromatic heterocycles. The second-order valence-corrected chi connectivity index (χ2v) is 7.12. The van der Waals surface area contributed by atoms with Crippen molar-refractivity contribution in [3.8, 4) is 16.8 Å². The highest BCUT2D eigenvalue weighted by Gasteiger charge is 2.49. The summed E-state index contributed by atoms with van der Waals surface area (Å²) in [6.45, 7) is 1.70. The Kier molecular flexibility index (Phi) is 4.01. The second kappa shape index (κ2) is 6.37. The fourth-order valence-electron chi connectivity index (χ4n) is 2.99. The molecule has 0 saturated carbocycles. The van der Waals surface area contributed by atoms with Gasteiger partial charge in [0.2, 0.25) is 0 Å². The quantitative estimate of drug-likeness (QED) is 0.703. The van der Waals surface area contributed by atoms with Gasteiger partial charge in [-0.2, -0.15) is 5.26 Å². The van der Waals surface area contributed by atoms with Crippen LogP contribution in [-0.2, 0) is 16.9 Å². The van der Waals surface area contributed by atoms with Crippen molar-refractivity contribution < 1.29 is 14.0 Å². The summed E-state index contributed by atoms with van der Waals surface area (Å²) in [7, 11) is 0. The van der Waals surface area contributed by atoms with Gasteiger partial charge in [0, 0.05) is 5.38 Å². The third kappa shape index (κ3) is 2.88. The highest BCUT2D eigenvalue weighted by molar-refractivity contribution is 7.13. The van der Waals surface area contributed by atoms with Crippen molar-refractivity contribution in [1.82, 2.24) is 15.2 Å². The van der Waals surface area contributed by atoms with Gasteiger partial charge in [-0.05, 0) is 36.8 Å².